The summed E-state index contributed by atoms with van der Waals surface area (Å²) < 4.78 is 5.49. The fourth-order valence-corrected chi connectivity index (χ4v) is 2.89. The lowest BCUT2D eigenvalue weighted by Gasteiger charge is -2.08. The first-order valence-electron chi connectivity index (χ1n) is 8.83. The van der Waals surface area contributed by atoms with Crippen LogP contribution in [0, 0.1) is 5.92 Å². The Kier molecular flexibility index (Phi) is 8.31. The minimum atomic E-state index is -0.0944. The zero-order chi connectivity index (χ0) is 18.8. The molecule has 140 valence electrons. The summed E-state index contributed by atoms with van der Waals surface area (Å²) in [5.41, 5.74) is 1.56. The minimum absolute atomic E-state index is 0.0819. The summed E-state index contributed by atoms with van der Waals surface area (Å²) in [5.74, 6) is 0.350. The van der Waals surface area contributed by atoms with Gasteiger partial charge in [-0.3, -0.25) is 9.59 Å². The van der Waals surface area contributed by atoms with Crippen LogP contribution in [0.4, 0.5) is 0 Å². The van der Waals surface area contributed by atoms with Gasteiger partial charge in [-0.1, -0.05) is 32.0 Å². The number of carbonyl (C=O) groups is 2. The van der Waals surface area contributed by atoms with Gasteiger partial charge in [0.2, 0.25) is 0 Å². The molecule has 0 bridgehead atoms. The van der Waals surface area contributed by atoms with E-state index in [-0.39, 0.29) is 11.8 Å². The predicted octanol–water partition coefficient (Wildman–Crippen LogP) is 3.47. The van der Waals surface area contributed by atoms with Gasteiger partial charge in [0.05, 0.1) is 4.88 Å². The summed E-state index contributed by atoms with van der Waals surface area (Å²) in [6.07, 6.45) is 0.797. The van der Waals surface area contributed by atoms with Crippen molar-refractivity contribution in [3.05, 3.63) is 57.8 Å². The van der Waals surface area contributed by atoms with Gasteiger partial charge in [-0.05, 0) is 41.5 Å². The molecular formula is C20H26N2O3S. The van der Waals surface area contributed by atoms with Crippen molar-refractivity contribution in [3.8, 4) is 0 Å². The Hall–Kier alpha value is -2.18. The highest BCUT2D eigenvalue weighted by Crippen LogP contribution is 2.09. The summed E-state index contributed by atoms with van der Waals surface area (Å²) in [6.45, 7) is 6.65. The molecule has 0 aliphatic rings. The van der Waals surface area contributed by atoms with E-state index in [0.29, 0.717) is 36.1 Å². The number of ether oxygens (including phenoxy) is 1. The maximum Gasteiger partial charge on any atom is 0.261 e. The summed E-state index contributed by atoms with van der Waals surface area (Å²) in [4.78, 5) is 24.7. The van der Waals surface area contributed by atoms with Crippen molar-refractivity contribution in [2.24, 2.45) is 5.92 Å². The Balaban J connectivity index is 1.69. The van der Waals surface area contributed by atoms with Crippen LogP contribution in [0.15, 0.2) is 41.8 Å². The quantitative estimate of drug-likeness (QED) is 0.626. The van der Waals surface area contributed by atoms with E-state index in [0.717, 1.165) is 18.6 Å². The van der Waals surface area contributed by atoms with E-state index in [9.17, 15) is 9.59 Å². The number of benzene rings is 1. The van der Waals surface area contributed by atoms with Crippen LogP contribution in [-0.2, 0) is 11.3 Å². The molecule has 2 N–H and O–H groups in total. The number of amides is 2. The molecule has 0 aliphatic carbocycles. The summed E-state index contributed by atoms with van der Waals surface area (Å²) in [5, 5.41) is 7.63. The molecule has 0 atom stereocenters. The molecule has 1 heterocycles. The van der Waals surface area contributed by atoms with E-state index >= 15 is 0 Å². The van der Waals surface area contributed by atoms with E-state index in [4.69, 9.17) is 4.74 Å². The number of rotatable bonds is 10. The van der Waals surface area contributed by atoms with Gasteiger partial charge >= 0.3 is 0 Å². The molecule has 0 fully saturated rings. The second-order valence-corrected chi connectivity index (χ2v) is 7.38. The lowest BCUT2D eigenvalue weighted by Crippen LogP contribution is -2.25. The van der Waals surface area contributed by atoms with Crippen molar-refractivity contribution in [1.29, 1.82) is 0 Å². The van der Waals surface area contributed by atoms with E-state index in [2.05, 4.69) is 24.5 Å². The lowest BCUT2D eigenvalue weighted by molar-refractivity contribution is 0.0922. The molecule has 26 heavy (non-hydrogen) atoms. The molecule has 5 nitrogen and oxygen atoms in total. The van der Waals surface area contributed by atoms with Gasteiger partial charge in [0.25, 0.3) is 11.8 Å². The van der Waals surface area contributed by atoms with Crippen molar-refractivity contribution in [2.75, 3.05) is 19.8 Å². The second kappa shape index (κ2) is 10.7. The van der Waals surface area contributed by atoms with Crippen LogP contribution in [0.5, 0.6) is 0 Å². The maximum absolute atomic E-state index is 12.1. The molecule has 2 amide bonds. The first kappa shape index (κ1) is 20.1. The van der Waals surface area contributed by atoms with E-state index in [1.165, 1.54) is 11.3 Å². The molecule has 1 aromatic carbocycles. The van der Waals surface area contributed by atoms with Gasteiger partial charge in [0.15, 0.2) is 0 Å². The van der Waals surface area contributed by atoms with Crippen molar-refractivity contribution < 1.29 is 14.3 Å². The number of hydrogen-bond acceptors (Lipinski definition) is 4. The zero-order valence-corrected chi connectivity index (χ0v) is 16.1. The normalized spacial score (nSPS) is 10.7. The maximum atomic E-state index is 12.1. The average Bonchev–Trinajstić information content (AvgIpc) is 3.17. The van der Waals surface area contributed by atoms with Crippen molar-refractivity contribution in [1.82, 2.24) is 10.6 Å². The molecule has 0 spiro atoms. The monoisotopic (exact) mass is 374 g/mol. The fourth-order valence-electron chi connectivity index (χ4n) is 2.25. The molecular weight excluding hydrogens is 348 g/mol. The predicted molar refractivity (Wildman–Crippen MR) is 105 cm³/mol. The van der Waals surface area contributed by atoms with Crippen molar-refractivity contribution in [2.45, 2.75) is 26.8 Å². The topological polar surface area (TPSA) is 67.4 Å². The van der Waals surface area contributed by atoms with Crippen LogP contribution in [0.2, 0.25) is 0 Å². The first-order chi connectivity index (χ1) is 12.6. The van der Waals surface area contributed by atoms with Crippen LogP contribution in [-0.4, -0.2) is 31.6 Å². The third-order valence-corrected chi connectivity index (χ3v) is 4.48. The van der Waals surface area contributed by atoms with Crippen molar-refractivity contribution >= 4 is 23.2 Å². The number of thiophene rings is 1. The molecule has 2 aromatic rings. The number of hydrogen-bond donors (Lipinski definition) is 2. The van der Waals surface area contributed by atoms with Gasteiger partial charge < -0.3 is 15.4 Å². The SMILES string of the molecule is CC(C)COCCCNC(=O)c1ccc(CNC(=O)c2cccs2)cc1. The molecule has 0 saturated carbocycles. The zero-order valence-electron chi connectivity index (χ0n) is 15.3. The highest BCUT2D eigenvalue weighted by Gasteiger charge is 2.07. The van der Waals surface area contributed by atoms with Crippen LogP contribution in [0.3, 0.4) is 0 Å². The van der Waals surface area contributed by atoms with Gasteiger partial charge in [-0.15, -0.1) is 11.3 Å². The van der Waals surface area contributed by atoms with E-state index < -0.39 is 0 Å². The molecule has 0 radical (unpaired) electrons. The third-order valence-electron chi connectivity index (χ3n) is 3.62. The second-order valence-electron chi connectivity index (χ2n) is 6.44. The largest absolute Gasteiger partial charge is 0.381 e. The third kappa shape index (κ3) is 6.98. The van der Waals surface area contributed by atoms with Crippen LogP contribution in [0.1, 0.15) is 45.9 Å². The van der Waals surface area contributed by atoms with Crippen LogP contribution in [0.25, 0.3) is 0 Å². The highest BCUT2D eigenvalue weighted by atomic mass is 32.1. The van der Waals surface area contributed by atoms with E-state index in [1.807, 2.05) is 23.6 Å². The molecule has 2 rings (SSSR count). The smallest absolute Gasteiger partial charge is 0.261 e. The highest BCUT2D eigenvalue weighted by molar-refractivity contribution is 7.12. The van der Waals surface area contributed by atoms with Gasteiger partial charge in [0.1, 0.15) is 0 Å². The van der Waals surface area contributed by atoms with Gasteiger partial charge in [-0.2, -0.15) is 0 Å². The molecule has 0 saturated heterocycles. The molecule has 0 unspecified atom stereocenters. The Labute approximate surface area is 158 Å². The lowest BCUT2D eigenvalue weighted by atomic mass is 10.1. The standard InChI is InChI=1S/C20H26N2O3S/c1-15(2)14-25-11-4-10-21-19(23)17-8-6-16(7-9-17)13-22-20(24)18-5-3-12-26-18/h3,5-9,12,15H,4,10-11,13-14H2,1-2H3,(H,21,23)(H,22,24). The number of carbonyl (C=O) groups excluding carboxylic acids is 2. The van der Waals surface area contributed by atoms with E-state index in [1.54, 1.807) is 18.2 Å². The average molecular weight is 375 g/mol. The van der Waals surface area contributed by atoms with Crippen LogP contribution >= 0.6 is 11.3 Å². The molecule has 0 aliphatic heterocycles. The summed E-state index contributed by atoms with van der Waals surface area (Å²) in [7, 11) is 0. The van der Waals surface area contributed by atoms with Gasteiger partial charge in [0, 0.05) is 31.9 Å². The van der Waals surface area contributed by atoms with Gasteiger partial charge in [-0.25, -0.2) is 0 Å². The molecule has 6 heteroatoms. The molecule has 1 aromatic heterocycles. The number of nitrogens with one attached hydrogen (secondary N) is 2. The minimum Gasteiger partial charge on any atom is -0.381 e. The first-order valence-corrected chi connectivity index (χ1v) is 9.71. The summed E-state index contributed by atoms with van der Waals surface area (Å²) >= 11 is 1.41. The Morgan fingerprint density at radius 1 is 1.08 bits per heavy atom. The van der Waals surface area contributed by atoms with Crippen LogP contribution < -0.4 is 10.6 Å². The fraction of sp³-hybridized carbons (Fsp3) is 0.400. The Morgan fingerprint density at radius 3 is 2.50 bits per heavy atom. The van der Waals surface area contributed by atoms with Crippen molar-refractivity contribution in [3.63, 3.8) is 0 Å². The summed E-state index contributed by atoms with van der Waals surface area (Å²) in [6, 6.07) is 10.9. The Bertz CT molecular complexity index is 682. The Morgan fingerprint density at radius 2 is 1.85 bits per heavy atom.